The smallest absolute Gasteiger partial charge is 0.227 e. The van der Waals surface area contributed by atoms with Gasteiger partial charge in [-0.05, 0) is 48.9 Å². The molecule has 0 radical (unpaired) electrons. The molecule has 6 heteroatoms. The topological polar surface area (TPSA) is 74.0 Å². The van der Waals surface area contributed by atoms with Crippen molar-refractivity contribution < 1.29 is 4.79 Å². The maximum Gasteiger partial charge on any atom is 0.227 e. The highest BCUT2D eigenvalue weighted by Gasteiger charge is 2.47. The summed E-state index contributed by atoms with van der Waals surface area (Å²) < 4.78 is 1.85. The van der Waals surface area contributed by atoms with Gasteiger partial charge < -0.3 is 5.32 Å². The van der Waals surface area contributed by atoms with Crippen molar-refractivity contribution in [3.05, 3.63) is 53.3 Å². The molecule has 2 aliphatic rings. The van der Waals surface area contributed by atoms with Crippen molar-refractivity contribution in [2.75, 3.05) is 19.6 Å². The van der Waals surface area contributed by atoms with Crippen LogP contribution in [0.4, 0.5) is 0 Å². The molecule has 1 spiro atoms. The second-order valence-corrected chi connectivity index (χ2v) is 8.12. The SMILES string of the molecule is Cn1cc(CN2CCC3(CC2)C[C@@H](C(=O)NCCC#N)c2ccccc23)cn1. The number of nitriles is 1. The summed E-state index contributed by atoms with van der Waals surface area (Å²) in [6.45, 7) is 3.43. The van der Waals surface area contributed by atoms with Gasteiger partial charge in [-0.2, -0.15) is 10.4 Å². The second-order valence-electron chi connectivity index (χ2n) is 8.12. The molecule has 1 atom stereocenters. The van der Waals surface area contributed by atoms with Crippen LogP contribution in [0.2, 0.25) is 0 Å². The van der Waals surface area contributed by atoms with Crippen LogP contribution >= 0.6 is 0 Å². The summed E-state index contributed by atoms with van der Waals surface area (Å²) in [4.78, 5) is 15.3. The first kappa shape index (κ1) is 18.7. The number of benzene rings is 1. The van der Waals surface area contributed by atoms with Gasteiger partial charge in [-0.25, -0.2) is 0 Å². The number of fused-ring (bicyclic) bond motifs is 2. The highest BCUT2D eigenvalue weighted by atomic mass is 16.1. The molecule has 1 amide bonds. The van der Waals surface area contributed by atoms with Crippen molar-refractivity contribution in [1.29, 1.82) is 5.26 Å². The Hall–Kier alpha value is -2.65. The molecule has 1 aromatic heterocycles. The standard InChI is InChI=1S/C22H27N5O/c1-26-15-17(14-25-26)16-27-11-7-22(8-12-27)13-19(21(28)24-10-4-9-23)18-5-2-3-6-20(18)22/h2-3,5-6,14-15,19H,4,7-8,10-13,16H2,1H3,(H,24,28)/t19-/m1/s1. The van der Waals surface area contributed by atoms with Crippen molar-refractivity contribution in [2.24, 2.45) is 7.05 Å². The van der Waals surface area contributed by atoms with Gasteiger partial charge in [-0.1, -0.05) is 24.3 Å². The van der Waals surface area contributed by atoms with E-state index >= 15 is 0 Å². The Bertz CT molecular complexity index is 888. The van der Waals surface area contributed by atoms with Gasteiger partial charge in [-0.3, -0.25) is 14.4 Å². The molecule has 2 heterocycles. The molecule has 2 aromatic rings. The molecule has 1 aromatic carbocycles. The minimum absolute atomic E-state index is 0.0670. The van der Waals surface area contributed by atoms with Gasteiger partial charge in [0.15, 0.2) is 0 Å². The molecule has 0 unspecified atom stereocenters. The van der Waals surface area contributed by atoms with Crippen LogP contribution in [0.3, 0.4) is 0 Å². The first-order valence-electron chi connectivity index (χ1n) is 10.1. The summed E-state index contributed by atoms with van der Waals surface area (Å²) in [6.07, 6.45) is 7.41. The van der Waals surface area contributed by atoms with Gasteiger partial charge in [0, 0.05) is 31.9 Å². The summed E-state index contributed by atoms with van der Waals surface area (Å²) in [6, 6.07) is 10.5. The van der Waals surface area contributed by atoms with Crippen LogP contribution < -0.4 is 5.32 Å². The predicted molar refractivity (Wildman–Crippen MR) is 106 cm³/mol. The van der Waals surface area contributed by atoms with E-state index in [1.807, 2.05) is 24.0 Å². The fourth-order valence-electron chi connectivity index (χ4n) is 4.92. The highest BCUT2D eigenvalue weighted by molar-refractivity contribution is 5.85. The van der Waals surface area contributed by atoms with Crippen LogP contribution in [0.1, 0.15) is 48.3 Å². The predicted octanol–water partition coefficient (Wildman–Crippen LogP) is 2.47. The van der Waals surface area contributed by atoms with Crippen LogP contribution in [-0.2, 0) is 23.8 Å². The number of amides is 1. The highest BCUT2D eigenvalue weighted by Crippen LogP contribution is 2.51. The average molecular weight is 377 g/mol. The number of carbonyl (C=O) groups is 1. The molecule has 28 heavy (non-hydrogen) atoms. The largest absolute Gasteiger partial charge is 0.355 e. The number of rotatable bonds is 5. The van der Waals surface area contributed by atoms with E-state index in [-0.39, 0.29) is 17.2 Å². The Morgan fingerprint density at radius 3 is 2.86 bits per heavy atom. The number of hydrogen-bond acceptors (Lipinski definition) is 4. The summed E-state index contributed by atoms with van der Waals surface area (Å²) >= 11 is 0. The van der Waals surface area contributed by atoms with E-state index in [0.717, 1.165) is 38.9 Å². The molecule has 1 aliphatic heterocycles. The molecule has 1 saturated heterocycles. The summed E-state index contributed by atoms with van der Waals surface area (Å²) in [5.74, 6) is -0.0304. The van der Waals surface area contributed by atoms with E-state index in [4.69, 9.17) is 5.26 Å². The van der Waals surface area contributed by atoms with Crippen molar-refractivity contribution in [3.8, 4) is 6.07 Å². The molecule has 1 N–H and O–H groups in total. The third kappa shape index (κ3) is 3.55. The number of carbonyl (C=O) groups excluding carboxylic acids is 1. The zero-order chi connectivity index (χ0) is 19.6. The minimum atomic E-state index is -0.0974. The number of nitrogens with zero attached hydrogens (tertiary/aromatic N) is 4. The maximum atomic E-state index is 12.8. The Labute approximate surface area is 166 Å². The van der Waals surface area contributed by atoms with E-state index in [1.165, 1.54) is 16.7 Å². The quantitative estimate of drug-likeness (QED) is 0.813. The molecular formula is C22H27N5O. The maximum absolute atomic E-state index is 12.8. The van der Waals surface area contributed by atoms with Crippen LogP contribution in [0.15, 0.2) is 36.7 Å². The zero-order valence-corrected chi connectivity index (χ0v) is 16.4. The fourth-order valence-corrected chi connectivity index (χ4v) is 4.92. The molecule has 0 bridgehead atoms. The molecule has 4 rings (SSSR count). The van der Waals surface area contributed by atoms with Gasteiger partial charge in [0.1, 0.15) is 0 Å². The first-order chi connectivity index (χ1) is 13.6. The molecule has 6 nitrogen and oxygen atoms in total. The van der Waals surface area contributed by atoms with Gasteiger partial charge in [-0.15, -0.1) is 0 Å². The normalized spacial score (nSPS) is 20.6. The monoisotopic (exact) mass is 377 g/mol. The van der Waals surface area contributed by atoms with Gasteiger partial charge in [0.2, 0.25) is 5.91 Å². The Morgan fingerprint density at radius 2 is 2.14 bits per heavy atom. The molecule has 1 fully saturated rings. The summed E-state index contributed by atoms with van der Waals surface area (Å²) in [7, 11) is 1.95. The van der Waals surface area contributed by atoms with Crippen molar-refractivity contribution in [2.45, 2.75) is 43.6 Å². The molecule has 0 saturated carbocycles. The second kappa shape index (κ2) is 7.76. The third-order valence-electron chi connectivity index (χ3n) is 6.33. The van der Waals surface area contributed by atoms with Crippen LogP contribution in [0.5, 0.6) is 0 Å². The number of nitrogens with one attached hydrogen (secondary N) is 1. The average Bonchev–Trinajstić information content (AvgIpc) is 3.26. The Kier molecular flexibility index (Phi) is 5.19. The number of likely N-dealkylation sites (tertiary alicyclic amines) is 1. The minimum Gasteiger partial charge on any atom is -0.355 e. The van der Waals surface area contributed by atoms with E-state index in [0.29, 0.717) is 13.0 Å². The lowest BCUT2D eigenvalue weighted by Gasteiger charge is -2.40. The molecular weight excluding hydrogens is 350 g/mol. The first-order valence-corrected chi connectivity index (χ1v) is 10.1. The van der Waals surface area contributed by atoms with Gasteiger partial charge in [0.25, 0.3) is 0 Å². The van der Waals surface area contributed by atoms with E-state index in [9.17, 15) is 4.79 Å². The van der Waals surface area contributed by atoms with Crippen LogP contribution in [0.25, 0.3) is 0 Å². The van der Waals surface area contributed by atoms with Crippen LogP contribution in [0, 0.1) is 11.3 Å². The van der Waals surface area contributed by atoms with Gasteiger partial charge >= 0.3 is 0 Å². The molecule has 1 aliphatic carbocycles. The lowest BCUT2D eigenvalue weighted by atomic mass is 9.73. The Morgan fingerprint density at radius 1 is 1.36 bits per heavy atom. The number of aryl methyl sites for hydroxylation is 1. The van der Waals surface area contributed by atoms with Crippen molar-refractivity contribution >= 4 is 5.91 Å². The lowest BCUT2D eigenvalue weighted by Crippen LogP contribution is -2.41. The number of piperidine rings is 1. The van der Waals surface area contributed by atoms with Gasteiger partial charge in [0.05, 0.1) is 24.6 Å². The van der Waals surface area contributed by atoms with Crippen LogP contribution in [-0.4, -0.2) is 40.2 Å². The summed E-state index contributed by atoms with van der Waals surface area (Å²) in [5.41, 5.74) is 3.88. The lowest BCUT2D eigenvalue weighted by molar-refractivity contribution is -0.122. The molecule has 146 valence electrons. The third-order valence-corrected chi connectivity index (χ3v) is 6.33. The van der Waals surface area contributed by atoms with Crippen molar-refractivity contribution in [1.82, 2.24) is 20.0 Å². The van der Waals surface area contributed by atoms with E-state index < -0.39 is 0 Å². The Balaban J connectivity index is 1.46. The van der Waals surface area contributed by atoms with Crippen molar-refractivity contribution in [3.63, 3.8) is 0 Å². The van der Waals surface area contributed by atoms with E-state index in [1.54, 1.807) is 0 Å². The number of aromatic nitrogens is 2. The zero-order valence-electron chi connectivity index (χ0n) is 16.4. The summed E-state index contributed by atoms with van der Waals surface area (Å²) in [5, 5.41) is 15.9. The number of hydrogen-bond donors (Lipinski definition) is 1. The van der Waals surface area contributed by atoms with E-state index in [2.05, 4.69) is 45.8 Å². The fraction of sp³-hybridized carbons (Fsp3) is 0.500.